The van der Waals surface area contributed by atoms with E-state index in [4.69, 9.17) is 4.42 Å². The second-order valence-electron chi connectivity index (χ2n) is 5.48. The highest BCUT2D eigenvalue weighted by Gasteiger charge is 2.39. The third-order valence-electron chi connectivity index (χ3n) is 3.97. The van der Waals surface area contributed by atoms with Crippen molar-refractivity contribution in [3.63, 3.8) is 0 Å². The molecule has 1 aliphatic rings. The van der Waals surface area contributed by atoms with Gasteiger partial charge in [-0.2, -0.15) is 0 Å². The largest absolute Gasteiger partial charge is 0.480 e. The number of carboxylic acid groups (broad SMARTS) is 1. The van der Waals surface area contributed by atoms with Crippen LogP contribution in [-0.2, 0) is 16.0 Å². The summed E-state index contributed by atoms with van der Waals surface area (Å²) in [5.74, 6) is -1.11. The van der Waals surface area contributed by atoms with Crippen LogP contribution in [0.25, 0.3) is 0 Å². The van der Waals surface area contributed by atoms with Crippen LogP contribution in [0.15, 0.2) is 23.0 Å². The highest BCUT2D eigenvalue weighted by molar-refractivity contribution is 5.87. The Morgan fingerprint density at radius 3 is 2.50 bits per heavy atom. The molecule has 20 heavy (non-hydrogen) atoms. The molecule has 1 amide bonds. The van der Waals surface area contributed by atoms with E-state index < -0.39 is 11.5 Å². The van der Waals surface area contributed by atoms with Gasteiger partial charge in [-0.25, -0.2) is 4.79 Å². The minimum atomic E-state index is -1.07. The first-order valence-corrected chi connectivity index (χ1v) is 7.18. The van der Waals surface area contributed by atoms with Crippen LogP contribution in [0.3, 0.4) is 0 Å². The molecule has 1 heterocycles. The second kappa shape index (κ2) is 6.59. The smallest absolute Gasteiger partial charge is 0.329 e. The lowest BCUT2D eigenvalue weighted by molar-refractivity contribution is -0.148. The molecule has 0 atom stereocenters. The Kier molecular flexibility index (Phi) is 4.82. The van der Waals surface area contributed by atoms with Crippen LogP contribution in [0.4, 0.5) is 0 Å². The summed E-state index contributed by atoms with van der Waals surface area (Å²) in [6, 6.07) is 1.81. The van der Waals surface area contributed by atoms with Gasteiger partial charge in [-0.05, 0) is 30.9 Å². The van der Waals surface area contributed by atoms with Gasteiger partial charge in [0.05, 0.1) is 12.5 Å². The number of rotatable bonds is 5. The Hall–Kier alpha value is -1.78. The zero-order valence-electron chi connectivity index (χ0n) is 11.6. The summed E-state index contributed by atoms with van der Waals surface area (Å²) < 4.78 is 4.95. The van der Waals surface area contributed by atoms with Crippen molar-refractivity contribution in [2.75, 3.05) is 0 Å². The van der Waals surface area contributed by atoms with Crippen LogP contribution in [-0.4, -0.2) is 22.5 Å². The fourth-order valence-electron chi connectivity index (χ4n) is 2.75. The van der Waals surface area contributed by atoms with Crippen molar-refractivity contribution in [3.8, 4) is 0 Å². The molecule has 5 heteroatoms. The van der Waals surface area contributed by atoms with Gasteiger partial charge in [0.1, 0.15) is 5.54 Å². The molecule has 1 aromatic rings. The summed E-state index contributed by atoms with van der Waals surface area (Å²) in [6.07, 6.45) is 8.87. The van der Waals surface area contributed by atoms with Crippen molar-refractivity contribution in [3.05, 3.63) is 24.2 Å². The van der Waals surface area contributed by atoms with E-state index >= 15 is 0 Å². The lowest BCUT2D eigenvalue weighted by Crippen LogP contribution is -2.54. The zero-order chi connectivity index (χ0) is 14.4. The van der Waals surface area contributed by atoms with E-state index in [2.05, 4.69) is 5.32 Å². The Bertz CT molecular complexity index is 444. The molecule has 1 fully saturated rings. The summed E-state index contributed by atoms with van der Waals surface area (Å²) in [5, 5.41) is 12.3. The molecule has 1 aliphatic carbocycles. The van der Waals surface area contributed by atoms with Gasteiger partial charge in [0.15, 0.2) is 0 Å². The maximum Gasteiger partial charge on any atom is 0.329 e. The van der Waals surface area contributed by atoms with E-state index in [1.165, 1.54) is 0 Å². The topological polar surface area (TPSA) is 79.5 Å². The number of furan rings is 1. The average molecular weight is 279 g/mol. The normalized spacial score (nSPS) is 18.2. The third kappa shape index (κ3) is 3.62. The van der Waals surface area contributed by atoms with Crippen LogP contribution in [0.1, 0.15) is 50.5 Å². The molecule has 0 spiro atoms. The van der Waals surface area contributed by atoms with Gasteiger partial charge >= 0.3 is 5.97 Å². The molecular weight excluding hydrogens is 258 g/mol. The summed E-state index contributed by atoms with van der Waals surface area (Å²) in [7, 11) is 0. The van der Waals surface area contributed by atoms with Gasteiger partial charge in [0.25, 0.3) is 0 Å². The number of hydrogen-bond donors (Lipinski definition) is 2. The second-order valence-corrected chi connectivity index (χ2v) is 5.48. The molecule has 1 saturated carbocycles. The van der Waals surface area contributed by atoms with Gasteiger partial charge in [-0.15, -0.1) is 0 Å². The lowest BCUT2D eigenvalue weighted by atomic mass is 9.90. The molecule has 2 rings (SSSR count). The van der Waals surface area contributed by atoms with Crippen molar-refractivity contribution in [1.29, 1.82) is 0 Å². The van der Waals surface area contributed by atoms with E-state index in [-0.39, 0.29) is 12.3 Å². The van der Waals surface area contributed by atoms with E-state index in [0.717, 1.165) is 31.2 Å². The van der Waals surface area contributed by atoms with Crippen molar-refractivity contribution in [2.45, 2.75) is 56.9 Å². The van der Waals surface area contributed by atoms with Gasteiger partial charge in [-0.1, -0.05) is 25.7 Å². The third-order valence-corrected chi connectivity index (χ3v) is 3.97. The van der Waals surface area contributed by atoms with Gasteiger partial charge in [-0.3, -0.25) is 4.79 Å². The summed E-state index contributed by atoms with van der Waals surface area (Å²) in [4.78, 5) is 23.6. The Morgan fingerprint density at radius 1 is 1.25 bits per heavy atom. The quantitative estimate of drug-likeness (QED) is 0.812. The van der Waals surface area contributed by atoms with Crippen molar-refractivity contribution < 1.29 is 19.1 Å². The maximum absolute atomic E-state index is 12.0. The van der Waals surface area contributed by atoms with Crippen molar-refractivity contribution >= 4 is 11.9 Å². The number of carbonyl (C=O) groups is 2. The molecule has 0 radical (unpaired) electrons. The molecule has 0 bridgehead atoms. The zero-order valence-corrected chi connectivity index (χ0v) is 11.6. The average Bonchev–Trinajstić information content (AvgIpc) is 2.82. The Morgan fingerprint density at radius 2 is 1.95 bits per heavy atom. The highest BCUT2D eigenvalue weighted by atomic mass is 16.4. The minimum absolute atomic E-state index is 0.199. The first kappa shape index (κ1) is 14.6. The molecule has 1 aromatic heterocycles. The molecule has 5 nitrogen and oxygen atoms in total. The van der Waals surface area contributed by atoms with E-state index in [0.29, 0.717) is 19.3 Å². The predicted octanol–water partition coefficient (Wildman–Crippen LogP) is 2.51. The number of aliphatic carboxylic acids is 1. The summed E-state index contributed by atoms with van der Waals surface area (Å²) >= 11 is 0. The Labute approximate surface area is 118 Å². The number of hydrogen-bond acceptors (Lipinski definition) is 3. The molecule has 0 aliphatic heterocycles. The van der Waals surface area contributed by atoms with Crippen LogP contribution in [0.5, 0.6) is 0 Å². The van der Waals surface area contributed by atoms with E-state index in [1.807, 2.05) is 6.07 Å². The molecule has 0 unspecified atom stereocenters. The van der Waals surface area contributed by atoms with Crippen LogP contribution in [0.2, 0.25) is 0 Å². The molecule has 110 valence electrons. The first-order valence-electron chi connectivity index (χ1n) is 7.18. The maximum atomic E-state index is 12.0. The van der Waals surface area contributed by atoms with Crippen LogP contribution < -0.4 is 5.32 Å². The number of carbonyl (C=O) groups excluding carboxylic acids is 1. The predicted molar refractivity (Wildman–Crippen MR) is 73.2 cm³/mol. The number of carboxylic acids is 1. The van der Waals surface area contributed by atoms with Gasteiger partial charge < -0.3 is 14.8 Å². The molecule has 2 N–H and O–H groups in total. The first-order chi connectivity index (χ1) is 9.62. The number of aryl methyl sites for hydroxylation is 1. The van der Waals surface area contributed by atoms with E-state index in [1.54, 1.807) is 12.5 Å². The van der Waals surface area contributed by atoms with Crippen molar-refractivity contribution in [2.24, 2.45) is 0 Å². The fraction of sp³-hybridized carbons (Fsp3) is 0.600. The summed E-state index contributed by atoms with van der Waals surface area (Å²) in [5.41, 5.74) is -0.116. The number of amides is 1. The van der Waals surface area contributed by atoms with Crippen LogP contribution >= 0.6 is 0 Å². The fourth-order valence-corrected chi connectivity index (χ4v) is 2.75. The van der Waals surface area contributed by atoms with Gasteiger partial charge in [0, 0.05) is 6.42 Å². The standard InChI is InChI=1S/C15H21NO4/c17-13(6-5-12-7-10-20-11-12)16-15(14(18)19)8-3-1-2-4-9-15/h7,10-11H,1-6,8-9H2,(H,16,17)(H,18,19). The molecular formula is C15H21NO4. The molecule has 0 saturated heterocycles. The molecule has 0 aromatic carbocycles. The van der Waals surface area contributed by atoms with Crippen molar-refractivity contribution in [1.82, 2.24) is 5.32 Å². The summed E-state index contributed by atoms with van der Waals surface area (Å²) in [6.45, 7) is 0. The Balaban J connectivity index is 1.93. The van der Waals surface area contributed by atoms with Crippen LogP contribution in [0, 0.1) is 0 Å². The lowest BCUT2D eigenvalue weighted by Gasteiger charge is -2.29. The SMILES string of the molecule is O=C(CCc1ccoc1)NC1(C(=O)O)CCCCCC1. The monoisotopic (exact) mass is 279 g/mol. The van der Waals surface area contributed by atoms with Gasteiger partial charge in [0.2, 0.25) is 5.91 Å². The number of nitrogens with one attached hydrogen (secondary N) is 1. The van der Waals surface area contributed by atoms with E-state index in [9.17, 15) is 14.7 Å². The highest BCUT2D eigenvalue weighted by Crippen LogP contribution is 2.27. The minimum Gasteiger partial charge on any atom is -0.480 e.